The van der Waals surface area contributed by atoms with Crippen LogP contribution in [0.25, 0.3) is 6.08 Å². The van der Waals surface area contributed by atoms with E-state index in [4.69, 9.17) is 9.15 Å². The SMILES string of the molecule is CC(c1ccco1)N(C)Cc1cccc(OC2CCN(C(=O)C=Cc3cccc(F)c3)CC2)c1. The van der Waals surface area contributed by atoms with Crippen molar-refractivity contribution >= 4 is 12.0 Å². The fourth-order valence-corrected chi connectivity index (χ4v) is 4.16. The van der Waals surface area contributed by atoms with Crippen molar-refractivity contribution in [3.05, 3.63) is 95.7 Å². The predicted molar refractivity (Wildman–Crippen MR) is 131 cm³/mol. The van der Waals surface area contributed by atoms with E-state index in [2.05, 4.69) is 31.0 Å². The van der Waals surface area contributed by atoms with Gasteiger partial charge >= 0.3 is 0 Å². The number of benzene rings is 2. The van der Waals surface area contributed by atoms with Gasteiger partial charge in [-0.3, -0.25) is 9.69 Å². The Bertz CT molecular complexity index is 1100. The maximum absolute atomic E-state index is 13.3. The maximum Gasteiger partial charge on any atom is 0.246 e. The third-order valence-corrected chi connectivity index (χ3v) is 6.27. The largest absolute Gasteiger partial charge is 0.490 e. The molecule has 1 unspecified atom stereocenters. The fourth-order valence-electron chi connectivity index (χ4n) is 4.16. The molecule has 3 aromatic rings. The minimum absolute atomic E-state index is 0.0570. The van der Waals surface area contributed by atoms with Gasteiger partial charge in [0.25, 0.3) is 0 Å². The molecule has 0 aliphatic carbocycles. The molecule has 1 aliphatic heterocycles. The van der Waals surface area contributed by atoms with Gasteiger partial charge in [-0.25, -0.2) is 4.39 Å². The molecule has 2 aromatic carbocycles. The highest BCUT2D eigenvalue weighted by atomic mass is 19.1. The third kappa shape index (κ3) is 6.35. The van der Waals surface area contributed by atoms with Crippen LogP contribution in [0.2, 0.25) is 0 Å². The van der Waals surface area contributed by atoms with Crippen LogP contribution in [0.4, 0.5) is 4.39 Å². The Morgan fingerprint density at radius 1 is 1.18 bits per heavy atom. The molecule has 6 heteroatoms. The lowest BCUT2D eigenvalue weighted by molar-refractivity contribution is -0.127. The molecular formula is C28H31FN2O3. The predicted octanol–water partition coefficient (Wildman–Crippen LogP) is 5.69. The first-order valence-corrected chi connectivity index (χ1v) is 11.7. The summed E-state index contributed by atoms with van der Waals surface area (Å²) >= 11 is 0. The van der Waals surface area contributed by atoms with Gasteiger partial charge in [-0.2, -0.15) is 0 Å². The van der Waals surface area contributed by atoms with Crippen molar-refractivity contribution in [3.63, 3.8) is 0 Å². The van der Waals surface area contributed by atoms with E-state index in [-0.39, 0.29) is 23.9 Å². The Kier molecular flexibility index (Phi) is 7.80. The van der Waals surface area contributed by atoms with Crippen LogP contribution >= 0.6 is 0 Å². The number of halogens is 1. The number of likely N-dealkylation sites (tertiary alicyclic amines) is 1. The Morgan fingerprint density at radius 2 is 1.97 bits per heavy atom. The number of rotatable bonds is 8. The zero-order valence-electron chi connectivity index (χ0n) is 19.7. The van der Waals surface area contributed by atoms with Gasteiger partial charge in [0.2, 0.25) is 5.91 Å². The number of ether oxygens (including phenoxy) is 1. The van der Waals surface area contributed by atoms with Gasteiger partial charge in [0.05, 0.1) is 12.3 Å². The Hall–Kier alpha value is -3.38. The molecule has 178 valence electrons. The molecule has 0 saturated carbocycles. The number of furan rings is 1. The monoisotopic (exact) mass is 462 g/mol. The molecule has 0 spiro atoms. The highest BCUT2D eigenvalue weighted by molar-refractivity contribution is 5.91. The number of hydrogen-bond donors (Lipinski definition) is 0. The third-order valence-electron chi connectivity index (χ3n) is 6.27. The molecular weight excluding hydrogens is 431 g/mol. The van der Waals surface area contributed by atoms with Crippen molar-refractivity contribution < 1.29 is 18.3 Å². The summed E-state index contributed by atoms with van der Waals surface area (Å²) in [6, 6.07) is 18.5. The number of amides is 1. The van der Waals surface area contributed by atoms with Crippen molar-refractivity contribution in [2.45, 2.75) is 38.5 Å². The molecule has 4 rings (SSSR count). The normalized spacial score (nSPS) is 15.7. The molecule has 5 nitrogen and oxygen atoms in total. The quantitative estimate of drug-likeness (QED) is 0.403. The maximum atomic E-state index is 13.3. The van der Waals surface area contributed by atoms with E-state index in [1.165, 1.54) is 23.8 Å². The van der Waals surface area contributed by atoms with E-state index in [1.54, 1.807) is 24.5 Å². The van der Waals surface area contributed by atoms with Crippen molar-refractivity contribution in [2.75, 3.05) is 20.1 Å². The van der Waals surface area contributed by atoms with Gasteiger partial charge in [-0.15, -0.1) is 0 Å². The summed E-state index contributed by atoms with van der Waals surface area (Å²) < 4.78 is 25.1. The van der Waals surface area contributed by atoms with Crippen molar-refractivity contribution in [1.29, 1.82) is 0 Å². The van der Waals surface area contributed by atoms with Gasteiger partial charge in [0.1, 0.15) is 23.4 Å². The van der Waals surface area contributed by atoms with Crippen LogP contribution in [0.5, 0.6) is 5.75 Å². The van der Waals surface area contributed by atoms with Crippen molar-refractivity contribution in [2.24, 2.45) is 0 Å². The van der Waals surface area contributed by atoms with Crippen molar-refractivity contribution in [1.82, 2.24) is 9.80 Å². The molecule has 0 radical (unpaired) electrons. The zero-order valence-corrected chi connectivity index (χ0v) is 19.7. The van der Waals surface area contributed by atoms with Crippen LogP contribution in [-0.2, 0) is 11.3 Å². The fraction of sp³-hybridized carbons (Fsp3) is 0.321. The van der Waals surface area contributed by atoms with Crippen LogP contribution in [0.3, 0.4) is 0 Å². The second-order valence-electron chi connectivity index (χ2n) is 8.78. The summed E-state index contributed by atoms with van der Waals surface area (Å²) in [5.41, 5.74) is 1.85. The van der Waals surface area contributed by atoms with Crippen LogP contribution in [0.15, 0.2) is 77.4 Å². The summed E-state index contributed by atoms with van der Waals surface area (Å²) in [6.07, 6.45) is 6.50. The lowest BCUT2D eigenvalue weighted by atomic mass is 10.1. The van der Waals surface area contributed by atoms with Gasteiger partial charge in [-0.05, 0) is 67.6 Å². The van der Waals surface area contributed by atoms with Gasteiger partial charge < -0.3 is 14.1 Å². The van der Waals surface area contributed by atoms with E-state index in [1.807, 2.05) is 29.2 Å². The van der Waals surface area contributed by atoms with E-state index in [0.717, 1.165) is 30.9 Å². The number of carbonyl (C=O) groups is 1. The number of nitrogens with zero attached hydrogens (tertiary/aromatic N) is 2. The summed E-state index contributed by atoms with van der Waals surface area (Å²) in [4.78, 5) is 16.6. The lowest BCUT2D eigenvalue weighted by Gasteiger charge is -2.31. The molecule has 1 fully saturated rings. The highest BCUT2D eigenvalue weighted by Gasteiger charge is 2.23. The van der Waals surface area contributed by atoms with Gasteiger partial charge in [0, 0.05) is 38.6 Å². The first-order valence-electron chi connectivity index (χ1n) is 11.7. The zero-order chi connectivity index (χ0) is 23.9. The first-order chi connectivity index (χ1) is 16.5. The average Bonchev–Trinajstić information content (AvgIpc) is 3.38. The number of carbonyl (C=O) groups excluding carboxylic acids is 1. The number of piperidine rings is 1. The molecule has 1 aromatic heterocycles. The molecule has 1 aliphatic rings. The lowest BCUT2D eigenvalue weighted by Crippen LogP contribution is -2.41. The molecule has 1 saturated heterocycles. The minimum atomic E-state index is -0.310. The minimum Gasteiger partial charge on any atom is -0.490 e. The molecule has 1 atom stereocenters. The van der Waals surface area contributed by atoms with E-state index >= 15 is 0 Å². The summed E-state index contributed by atoms with van der Waals surface area (Å²) in [5, 5.41) is 0. The van der Waals surface area contributed by atoms with Gasteiger partial charge in [0.15, 0.2) is 0 Å². The molecule has 34 heavy (non-hydrogen) atoms. The van der Waals surface area contributed by atoms with Crippen LogP contribution in [0, 0.1) is 5.82 Å². The smallest absolute Gasteiger partial charge is 0.246 e. The first kappa shape index (κ1) is 23.8. The summed E-state index contributed by atoms with van der Waals surface area (Å²) in [7, 11) is 2.08. The summed E-state index contributed by atoms with van der Waals surface area (Å²) in [6.45, 7) is 4.19. The molecule has 0 bridgehead atoms. The topological polar surface area (TPSA) is 45.9 Å². The van der Waals surface area contributed by atoms with Crippen LogP contribution in [0.1, 0.15) is 42.7 Å². The molecule has 0 N–H and O–H groups in total. The van der Waals surface area contributed by atoms with Gasteiger partial charge in [-0.1, -0.05) is 24.3 Å². The Labute approximate surface area is 200 Å². The Balaban J connectivity index is 1.26. The summed E-state index contributed by atoms with van der Waals surface area (Å²) in [5.74, 6) is 1.43. The molecule has 1 amide bonds. The second kappa shape index (κ2) is 11.2. The van der Waals surface area contributed by atoms with Crippen LogP contribution < -0.4 is 4.74 Å². The van der Waals surface area contributed by atoms with E-state index in [9.17, 15) is 9.18 Å². The molecule has 2 heterocycles. The van der Waals surface area contributed by atoms with E-state index < -0.39 is 0 Å². The number of hydrogen-bond acceptors (Lipinski definition) is 4. The van der Waals surface area contributed by atoms with Crippen molar-refractivity contribution in [3.8, 4) is 5.75 Å². The van der Waals surface area contributed by atoms with Crippen LogP contribution in [-0.4, -0.2) is 41.9 Å². The highest BCUT2D eigenvalue weighted by Crippen LogP contribution is 2.24. The average molecular weight is 463 g/mol. The standard InChI is InChI=1S/C28H31FN2O3/c1-21(27-10-5-17-33-27)30(2)20-23-7-4-9-26(19-23)34-25-13-15-31(16-14-25)28(32)12-11-22-6-3-8-24(29)18-22/h3-12,17-19,21,25H,13-16,20H2,1-2H3. The van der Waals surface area contributed by atoms with E-state index in [0.29, 0.717) is 18.7 Å². The Morgan fingerprint density at radius 3 is 2.71 bits per heavy atom. The second-order valence-corrected chi connectivity index (χ2v) is 8.78.